The van der Waals surface area contributed by atoms with E-state index >= 15 is 0 Å². The van der Waals surface area contributed by atoms with Crippen molar-refractivity contribution >= 4 is 50.4 Å². The third-order valence-electron chi connectivity index (χ3n) is 4.23. The molecule has 3 aromatic carbocycles. The Morgan fingerprint density at radius 3 is 2.45 bits per heavy atom. The van der Waals surface area contributed by atoms with Crippen LogP contribution >= 0.6 is 22.6 Å². The maximum atomic E-state index is 13.2. The van der Waals surface area contributed by atoms with Crippen molar-refractivity contribution in [3.8, 4) is 5.75 Å². The average Bonchev–Trinajstić information content (AvgIpc) is 2.79. The van der Waals surface area contributed by atoms with E-state index in [0.717, 1.165) is 13.4 Å². The number of anilines is 1. The van der Waals surface area contributed by atoms with Gasteiger partial charge in [0.25, 0.3) is 15.9 Å². The first-order valence-corrected chi connectivity index (χ1v) is 11.7. The summed E-state index contributed by atoms with van der Waals surface area (Å²) in [6.07, 6.45) is 1.46. The zero-order chi connectivity index (χ0) is 22.3. The number of carbonyl (C=O) groups is 1. The highest BCUT2D eigenvalue weighted by molar-refractivity contribution is 14.1. The van der Waals surface area contributed by atoms with E-state index in [-0.39, 0.29) is 4.90 Å². The fourth-order valence-electron chi connectivity index (χ4n) is 2.71. The summed E-state index contributed by atoms with van der Waals surface area (Å²) in [6.45, 7) is -0.423. The lowest BCUT2D eigenvalue weighted by Gasteiger charge is -2.23. The molecule has 0 aliphatic carbocycles. The predicted octanol–water partition coefficient (Wildman–Crippen LogP) is 3.65. The van der Waals surface area contributed by atoms with Crippen molar-refractivity contribution in [2.75, 3.05) is 18.0 Å². The first-order chi connectivity index (χ1) is 14.9. The zero-order valence-electron chi connectivity index (χ0n) is 16.6. The van der Waals surface area contributed by atoms with Gasteiger partial charge in [-0.1, -0.05) is 30.3 Å². The monoisotopic (exact) mass is 549 g/mol. The highest BCUT2D eigenvalue weighted by atomic mass is 127. The van der Waals surface area contributed by atoms with E-state index in [4.69, 9.17) is 4.74 Å². The van der Waals surface area contributed by atoms with Crippen LogP contribution in [0.25, 0.3) is 0 Å². The molecule has 1 N–H and O–H groups in total. The topological polar surface area (TPSA) is 88.1 Å². The summed E-state index contributed by atoms with van der Waals surface area (Å²) >= 11 is 2.13. The van der Waals surface area contributed by atoms with Crippen LogP contribution in [0.2, 0.25) is 0 Å². The lowest BCUT2D eigenvalue weighted by molar-refractivity contribution is -0.119. The molecule has 0 aliphatic rings. The molecule has 3 rings (SSSR count). The van der Waals surface area contributed by atoms with Gasteiger partial charge in [0.1, 0.15) is 12.3 Å². The molecule has 0 saturated heterocycles. The number of sulfonamides is 1. The van der Waals surface area contributed by atoms with Gasteiger partial charge in [-0.2, -0.15) is 5.10 Å². The number of nitrogens with one attached hydrogen (secondary N) is 1. The van der Waals surface area contributed by atoms with Gasteiger partial charge >= 0.3 is 0 Å². The summed E-state index contributed by atoms with van der Waals surface area (Å²) in [5.74, 6) is 0.0892. The molecule has 0 fully saturated rings. The van der Waals surface area contributed by atoms with E-state index < -0.39 is 22.5 Å². The normalized spacial score (nSPS) is 11.3. The first kappa shape index (κ1) is 22.8. The van der Waals surface area contributed by atoms with E-state index in [9.17, 15) is 13.2 Å². The Labute approximate surface area is 194 Å². The van der Waals surface area contributed by atoms with Crippen molar-refractivity contribution in [3.63, 3.8) is 0 Å². The fraction of sp³-hybridized carbons (Fsp3) is 0.0909. The molecule has 3 aromatic rings. The van der Waals surface area contributed by atoms with Gasteiger partial charge in [-0.3, -0.25) is 9.10 Å². The summed E-state index contributed by atoms with van der Waals surface area (Å²) in [7, 11) is -2.39. The van der Waals surface area contributed by atoms with Gasteiger partial charge in [0, 0.05) is 3.57 Å². The fourth-order valence-corrected chi connectivity index (χ4v) is 4.51. The minimum absolute atomic E-state index is 0.0984. The summed E-state index contributed by atoms with van der Waals surface area (Å²) < 4.78 is 33.6. The molecule has 9 heteroatoms. The minimum atomic E-state index is -3.95. The molecular weight excluding hydrogens is 529 g/mol. The van der Waals surface area contributed by atoms with Gasteiger partial charge in [0.05, 0.1) is 23.9 Å². The number of nitrogens with zero attached hydrogens (tertiary/aromatic N) is 2. The molecule has 0 saturated carbocycles. The van der Waals surface area contributed by atoms with Crippen LogP contribution < -0.4 is 14.5 Å². The van der Waals surface area contributed by atoms with Crippen LogP contribution in [0.5, 0.6) is 5.75 Å². The Morgan fingerprint density at radius 1 is 1.06 bits per heavy atom. The van der Waals surface area contributed by atoms with E-state index in [1.807, 2.05) is 0 Å². The van der Waals surface area contributed by atoms with Crippen LogP contribution in [0.1, 0.15) is 5.56 Å². The van der Waals surface area contributed by atoms with Crippen molar-refractivity contribution in [2.45, 2.75) is 4.90 Å². The van der Waals surface area contributed by atoms with E-state index in [1.165, 1.54) is 18.3 Å². The number of hydrazone groups is 1. The standard InChI is InChI=1S/C22H20IN3O4S/c1-30-20-7-5-6-17(14-20)15-24-25-22(27)16-26(19-12-10-18(23)11-13-19)31(28,29)21-8-3-2-4-9-21/h2-15H,16H2,1H3,(H,25,27)/b24-15-. The van der Waals surface area contributed by atoms with E-state index in [2.05, 4.69) is 33.1 Å². The number of amides is 1. The second kappa shape index (κ2) is 10.4. The lowest BCUT2D eigenvalue weighted by atomic mass is 10.2. The summed E-state index contributed by atoms with van der Waals surface area (Å²) in [5, 5.41) is 3.93. The Bertz CT molecular complexity index is 1170. The SMILES string of the molecule is COc1cccc(/C=N\NC(=O)CN(c2ccc(I)cc2)S(=O)(=O)c2ccccc2)c1. The van der Waals surface area contributed by atoms with Gasteiger partial charge < -0.3 is 4.74 Å². The molecule has 31 heavy (non-hydrogen) atoms. The maximum absolute atomic E-state index is 13.2. The molecule has 0 radical (unpaired) electrons. The maximum Gasteiger partial charge on any atom is 0.264 e. The molecule has 0 spiro atoms. The molecular formula is C22H20IN3O4S. The Morgan fingerprint density at radius 2 is 1.77 bits per heavy atom. The van der Waals surface area contributed by atoms with Gasteiger partial charge in [-0.05, 0) is 76.7 Å². The summed E-state index contributed by atoms with van der Waals surface area (Å²) in [4.78, 5) is 12.6. The van der Waals surface area contributed by atoms with E-state index in [1.54, 1.807) is 73.8 Å². The zero-order valence-corrected chi connectivity index (χ0v) is 19.6. The third kappa shape index (κ3) is 6.05. The molecule has 0 unspecified atom stereocenters. The number of hydrogen-bond donors (Lipinski definition) is 1. The Kier molecular flexibility index (Phi) is 7.64. The first-order valence-electron chi connectivity index (χ1n) is 9.19. The highest BCUT2D eigenvalue weighted by Crippen LogP contribution is 2.24. The molecule has 7 nitrogen and oxygen atoms in total. The van der Waals surface area contributed by atoms with Crippen LogP contribution in [-0.2, 0) is 14.8 Å². The van der Waals surface area contributed by atoms with Gasteiger partial charge in [0.15, 0.2) is 0 Å². The number of rotatable bonds is 8. The average molecular weight is 549 g/mol. The molecule has 0 aromatic heterocycles. The molecule has 0 atom stereocenters. The number of halogens is 1. The minimum Gasteiger partial charge on any atom is -0.497 e. The number of benzene rings is 3. The van der Waals surface area contributed by atoms with Crippen LogP contribution in [0.15, 0.2) is 88.9 Å². The number of ether oxygens (including phenoxy) is 1. The van der Waals surface area contributed by atoms with Crippen molar-refractivity contribution in [3.05, 3.63) is 88.0 Å². The van der Waals surface area contributed by atoms with Gasteiger partial charge in [-0.15, -0.1) is 0 Å². The quantitative estimate of drug-likeness (QED) is 0.264. The summed E-state index contributed by atoms with van der Waals surface area (Å²) in [6, 6.07) is 22.0. The lowest BCUT2D eigenvalue weighted by Crippen LogP contribution is -2.39. The summed E-state index contributed by atoms with van der Waals surface area (Å²) in [5.41, 5.74) is 3.50. The van der Waals surface area contributed by atoms with Crippen molar-refractivity contribution < 1.29 is 17.9 Å². The number of methoxy groups -OCH3 is 1. The number of hydrogen-bond acceptors (Lipinski definition) is 5. The second-order valence-electron chi connectivity index (χ2n) is 6.37. The van der Waals surface area contributed by atoms with Crippen molar-refractivity contribution in [1.82, 2.24) is 5.43 Å². The Hall–Kier alpha value is -2.92. The van der Waals surface area contributed by atoms with Crippen LogP contribution in [-0.4, -0.2) is 34.2 Å². The third-order valence-corrected chi connectivity index (χ3v) is 6.74. The second-order valence-corrected chi connectivity index (χ2v) is 9.48. The molecule has 160 valence electrons. The highest BCUT2D eigenvalue weighted by Gasteiger charge is 2.27. The molecule has 0 heterocycles. The predicted molar refractivity (Wildman–Crippen MR) is 129 cm³/mol. The van der Waals surface area contributed by atoms with Crippen molar-refractivity contribution in [1.29, 1.82) is 0 Å². The van der Waals surface area contributed by atoms with Gasteiger partial charge in [0.2, 0.25) is 0 Å². The Balaban J connectivity index is 1.80. The largest absolute Gasteiger partial charge is 0.497 e. The number of carbonyl (C=O) groups excluding carboxylic acids is 1. The van der Waals surface area contributed by atoms with Gasteiger partial charge in [-0.25, -0.2) is 13.8 Å². The van der Waals surface area contributed by atoms with Crippen LogP contribution in [0.4, 0.5) is 5.69 Å². The molecule has 0 aliphatic heterocycles. The van der Waals surface area contributed by atoms with Crippen molar-refractivity contribution in [2.24, 2.45) is 5.10 Å². The van der Waals surface area contributed by atoms with E-state index in [0.29, 0.717) is 11.4 Å². The van der Waals surface area contributed by atoms with Crippen LogP contribution in [0, 0.1) is 3.57 Å². The molecule has 1 amide bonds. The molecule has 0 bridgehead atoms. The smallest absolute Gasteiger partial charge is 0.264 e. The van der Waals surface area contributed by atoms with Crippen LogP contribution in [0.3, 0.4) is 0 Å².